The molecule has 0 amide bonds. The lowest BCUT2D eigenvalue weighted by Crippen LogP contribution is -2.59. The van der Waals surface area contributed by atoms with E-state index in [1.165, 1.54) is 11.3 Å². The molecule has 0 saturated carbocycles. The van der Waals surface area contributed by atoms with Crippen LogP contribution in [0.15, 0.2) is 24.4 Å². The van der Waals surface area contributed by atoms with Crippen molar-refractivity contribution < 1.29 is 9.13 Å². The van der Waals surface area contributed by atoms with Crippen molar-refractivity contribution in [2.24, 2.45) is 0 Å². The summed E-state index contributed by atoms with van der Waals surface area (Å²) in [5, 5.41) is 2.21. The van der Waals surface area contributed by atoms with E-state index in [1.807, 2.05) is 19.2 Å². The number of alkyl halides is 1. The molecule has 134 valence electrons. The summed E-state index contributed by atoms with van der Waals surface area (Å²) in [6.45, 7) is 8.26. The topological polar surface area (TPSA) is 54.6 Å². The van der Waals surface area contributed by atoms with Gasteiger partial charge in [0.2, 0.25) is 0 Å². The van der Waals surface area contributed by atoms with Crippen LogP contribution >= 0.6 is 0 Å². The summed E-state index contributed by atoms with van der Waals surface area (Å²) < 4.78 is 19.6. The Bertz CT molecular complexity index is 790. The van der Waals surface area contributed by atoms with Gasteiger partial charge in [0.1, 0.15) is 12.0 Å². The van der Waals surface area contributed by atoms with Gasteiger partial charge in [-0.05, 0) is 43.0 Å². The molecule has 2 atom stereocenters. The third kappa shape index (κ3) is 2.83. The van der Waals surface area contributed by atoms with Crippen LogP contribution in [0.25, 0.3) is 10.8 Å². The molecule has 4 rings (SSSR count). The number of hydrogen-bond donors (Lipinski definition) is 1. The van der Waals surface area contributed by atoms with Crippen molar-refractivity contribution in [3.63, 3.8) is 0 Å². The zero-order valence-corrected chi connectivity index (χ0v) is 14.8. The maximum absolute atomic E-state index is 14.3. The Morgan fingerprint density at radius 1 is 1.20 bits per heavy atom. The number of aromatic nitrogens is 1. The number of halogens is 1. The van der Waals surface area contributed by atoms with Crippen LogP contribution in [-0.2, 0) is 4.74 Å². The maximum atomic E-state index is 14.3. The number of ether oxygens (including phenoxy) is 1. The predicted octanol–water partition coefficient (Wildman–Crippen LogP) is 2.37. The summed E-state index contributed by atoms with van der Waals surface area (Å²) in [5.74, 6) is 0.537. The van der Waals surface area contributed by atoms with E-state index >= 15 is 0 Å². The number of benzene rings is 1. The Morgan fingerprint density at radius 2 is 1.96 bits per heavy atom. The molecule has 1 unspecified atom stereocenters. The van der Waals surface area contributed by atoms with Crippen LogP contribution < -0.4 is 10.6 Å². The Balaban J connectivity index is 1.54. The monoisotopic (exact) mass is 344 g/mol. The Kier molecular flexibility index (Phi) is 4.04. The van der Waals surface area contributed by atoms with Gasteiger partial charge in [0, 0.05) is 43.4 Å². The number of nitrogen functional groups attached to an aromatic ring is 1. The summed E-state index contributed by atoms with van der Waals surface area (Å²) in [4.78, 5) is 8.80. The first kappa shape index (κ1) is 16.5. The molecule has 2 aliphatic rings. The van der Waals surface area contributed by atoms with Crippen molar-refractivity contribution in [3.05, 3.63) is 30.0 Å². The minimum Gasteiger partial charge on any atom is -0.384 e. The molecule has 0 spiro atoms. The number of rotatable bonds is 2. The molecule has 5 nitrogen and oxygen atoms in total. The van der Waals surface area contributed by atoms with Crippen molar-refractivity contribution >= 4 is 22.3 Å². The number of nitrogens with zero attached hydrogens (tertiary/aromatic N) is 3. The van der Waals surface area contributed by atoms with Crippen LogP contribution in [0.4, 0.5) is 15.9 Å². The lowest BCUT2D eigenvalue weighted by molar-refractivity contribution is 0.0448. The van der Waals surface area contributed by atoms with E-state index < -0.39 is 11.7 Å². The molecule has 0 aliphatic carbocycles. The summed E-state index contributed by atoms with van der Waals surface area (Å²) in [6, 6.07) is 6.27. The van der Waals surface area contributed by atoms with Gasteiger partial charge in [-0.3, -0.25) is 4.90 Å². The number of piperazine rings is 1. The van der Waals surface area contributed by atoms with Gasteiger partial charge in [-0.1, -0.05) is 0 Å². The molecule has 2 fully saturated rings. The third-order valence-electron chi connectivity index (χ3n) is 5.73. The number of nitrogens with two attached hydrogens (primary N) is 1. The molecule has 2 saturated heterocycles. The quantitative estimate of drug-likeness (QED) is 0.906. The second-order valence-electron chi connectivity index (χ2n) is 7.41. The third-order valence-corrected chi connectivity index (χ3v) is 5.73. The molecular weight excluding hydrogens is 319 g/mol. The second-order valence-corrected chi connectivity index (χ2v) is 7.41. The highest BCUT2D eigenvalue weighted by Crippen LogP contribution is 2.32. The highest BCUT2D eigenvalue weighted by atomic mass is 19.1. The van der Waals surface area contributed by atoms with Gasteiger partial charge in [0.05, 0.1) is 18.8 Å². The molecule has 1 aromatic heterocycles. The number of anilines is 2. The van der Waals surface area contributed by atoms with E-state index in [0.717, 1.165) is 37.0 Å². The fourth-order valence-electron chi connectivity index (χ4n) is 4.04. The van der Waals surface area contributed by atoms with Crippen LogP contribution in [-0.4, -0.2) is 61.0 Å². The zero-order valence-electron chi connectivity index (χ0n) is 14.8. The van der Waals surface area contributed by atoms with Crippen molar-refractivity contribution in [2.75, 3.05) is 50.0 Å². The first-order chi connectivity index (χ1) is 12.0. The van der Waals surface area contributed by atoms with E-state index in [2.05, 4.69) is 33.8 Å². The average Bonchev–Trinajstić information content (AvgIpc) is 2.95. The van der Waals surface area contributed by atoms with Gasteiger partial charge in [-0.25, -0.2) is 9.37 Å². The van der Waals surface area contributed by atoms with Gasteiger partial charge < -0.3 is 15.4 Å². The standard InChI is InChI=1S/C19H25FN4O/c1-13-7-15-10-22-18(21)9-14(15)8-16(13)23-3-5-24(6-4-23)19(2)12-25-11-17(19)20/h7-10,17H,3-6,11-12H2,1-2H3,(H2,21,22)/t17-,19?/m0/s1. The minimum atomic E-state index is -0.906. The van der Waals surface area contributed by atoms with Crippen molar-refractivity contribution in [3.8, 4) is 0 Å². The van der Waals surface area contributed by atoms with Crippen molar-refractivity contribution in [1.29, 1.82) is 0 Å². The van der Waals surface area contributed by atoms with Crippen LogP contribution in [0.3, 0.4) is 0 Å². The number of fused-ring (bicyclic) bond motifs is 1. The smallest absolute Gasteiger partial charge is 0.144 e. The van der Waals surface area contributed by atoms with Crippen LogP contribution in [0.2, 0.25) is 0 Å². The van der Waals surface area contributed by atoms with Crippen LogP contribution in [0.1, 0.15) is 12.5 Å². The highest BCUT2D eigenvalue weighted by Gasteiger charge is 2.46. The highest BCUT2D eigenvalue weighted by molar-refractivity contribution is 5.88. The fraction of sp³-hybridized carbons (Fsp3) is 0.526. The average molecular weight is 344 g/mol. The summed E-state index contributed by atoms with van der Waals surface area (Å²) in [5.41, 5.74) is 7.80. The lowest BCUT2D eigenvalue weighted by Gasteiger charge is -2.45. The number of aryl methyl sites for hydroxylation is 1. The zero-order chi connectivity index (χ0) is 17.6. The van der Waals surface area contributed by atoms with E-state index in [-0.39, 0.29) is 6.61 Å². The first-order valence-electron chi connectivity index (χ1n) is 8.85. The van der Waals surface area contributed by atoms with Crippen molar-refractivity contribution in [2.45, 2.75) is 25.6 Å². The number of hydrogen-bond acceptors (Lipinski definition) is 5. The van der Waals surface area contributed by atoms with Crippen LogP contribution in [0, 0.1) is 6.92 Å². The Morgan fingerprint density at radius 3 is 2.64 bits per heavy atom. The number of pyridine rings is 1. The van der Waals surface area contributed by atoms with Gasteiger partial charge in [-0.15, -0.1) is 0 Å². The molecular formula is C19H25FN4O. The van der Waals surface area contributed by atoms with Crippen LogP contribution in [0.5, 0.6) is 0 Å². The van der Waals surface area contributed by atoms with Gasteiger partial charge in [0.25, 0.3) is 0 Å². The summed E-state index contributed by atoms with van der Waals surface area (Å²) in [6.07, 6.45) is 0.916. The molecule has 3 heterocycles. The van der Waals surface area contributed by atoms with E-state index in [1.54, 1.807) is 0 Å². The van der Waals surface area contributed by atoms with E-state index in [9.17, 15) is 4.39 Å². The maximum Gasteiger partial charge on any atom is 0.144 e. The van der Waals surface area contributed by atoms with Gasteiger partial charge >= 0.3 is 0 Å². The van der Waals surface area contributed by atoms with E-state index in [0.29, 0.717) is 12.4 Å². The summed E-state index contributed by atoms with van der Waals surface area (Å²) in [7, 11) is 0. The van der Waals surface area contributed by atoms with E-state index in [4.69, 9.17) is 10.5 Å². The molecule has 0 radical (unpaired) electrons. The molecule has 25 heavy (non-hydrogen) atoms. The second kappa shape index (κ2) is 6.11. The SMILES string of the molecule is Cc1cc2cnc(N)cc2cc1N1CCN(C2(C)COC[C@@H]2F)CC1. The van der Waals surface area contributed by atoms with Gasteiger partial charge in [-0.2, -0.15) is 0 Å². The molecule has 1 aromatic carbocycles. The first-order valence-corrected chi connectivity index (χ1v) is 8.85. The molecule has 6 heteroatoms. The molecule has 2 N–H and O–H groups in total. The Hall–Kier alpha value is -1.92. The lowest BCUT2D eigenvalue weighted by atomic mass is 9.96. The molecule has 2 aliphatic heterocycles. The fourth-order valence-corrected chi connectivity index (χ4v) is 4.04. The largest absolute Gasteiger partial charge is 0.384 e. The Labute approximate surface area is 147 Å². The normalized spacial score (nSPS) is 28.0. The predicted molar refractivity (Wildman–Crippen MR) is 98.8 cm³/mol. The van der Waals surface area contributed by atoms with Crippen molar-refractivity contribution in [1.82, 2.24) is 9.88 Å². The van der Waals surface area contributed by atoms with Gasteiger partial charge in [0.15, 0.2) is 0 Å². The minimum absolute atomic E-state index is 0.218. The molecule has 2 aromatic rings. The molecule has 0 bridgehead atoms. The summed E-state index contributed by atoms with van der Waals surface area (Å²) >= 11 is 0.